The molecule has 1 atom stereocenters. The summed E-state index contributed by atoms with van der Waals surface area (Å²) in [4.78, 5) is 12.5. The van der Waals surface area contributed by atoms with Crippen LogP contribution in [0.15, 0.2) is 12.1 Å². The average Bonchev–Trinajstić information content (AvgIpc) is 2.76. The topological polar surface area (TPSA) is 68.2 Å². The number of carbonyl (C=O) groups is 1. The van der Waals surface area contributed by atoms with Gasteiger partial charge in [0.05, 0.1) is 29.9 Å². The highest BCUT2D eigenvalue weighted by Crippen LogP contribution is 2.31. The lowest BCUT2D eigenvalue weighted by Gasteiger charge is -2.18. The largest absolute Gasteiger partial charge is 0.495 e. The summed E-state index contributed by atoms with van der Waals surface area (Å²) in [5.41, 5.74) is 4.08. The highest BCUT2D eigenvalue weighted by atomic mass is 35.5. The van der Waals surface area contributed by atoms with Gasteiger partial charge in [0, 0.05) is 18.1 Å². The fourth-order valence-corrected chi connectivity index (χ4v) is 2.58. The molecule has 2 N–H and O–H groups in total. The molecule has 7 heteroatoms. The van der Waals surface area contributed by atoms with E-state index in [0.717, 1.165) is 28.3 Å². The van der Waals surface area contributed by atoms with Crippen molar-refractivity contribution in [1.82, 2.24) is 9.78 Å². The van der Waals surface area contributed by atoms with Crippen molar-refractivity contribution in [1.29, 1.82) is 0 Å². The Morgan fingerprint density at radius 1 is 1.33 bits per heavy atom. The van der Waals surface area contributed by atoms with Crippen LogP contribution in [0.1, 0.15) is 23.9 Å². The van der Waals surface area contributed by atoms with E-state index < -0.39 is 6.04 Å². The van der Waals surface area contributed by atoms with E-state index in [-0.39, 0.29) is 5.91 Å². The van der Waals surface area contributed by atoms with E-state index in [4.69, 9.17) is 16.3 Å². The van der Waals surface area contributed by atoms with E-state index in [1.807, 2.05) is 33.9 Å². The van der Waals surface area contributed by atoms with E-state index in [2.05, 4.69) is 15.7 Å². The molecule has 2 aromatic rings. The summed E-state index contributed by atoms with van der Waals surface area (Å²) in [6.45, 7) is 7.48. The van der Waals surface area contributed by atoms with Crippen LogP contribution in [-0.2, 0) is 11.8 Å². The van der Waals surface area contributed by atoms with Gasteiger partial charge in [-0.05, 0) is 39.3 Å². The molecular formula is C17H23ClN4O2. The predicted molar refractivity (Wildman–Crippen MR) is 97.1 cm³/mol. The molecule has 0 saturated heterocycles. The van der Waals surface area contributed by atoms with Gasteiger partial charge in [-0.2, -0.15) is 5.10 Å². The van der Waals surface area contributed by atoms with Crippen molar-refractivity contribution in [2.24, 2.45) is 7.05 Å². The third-order valence-electron chi connectivity index (χ3n) is 4.00. The maximum atomic E-state index is 12.5. The number of carbonyl (C=O) groups excluding carboxylic acids is 1. The number of hydrogen-bond acceptors (Lipinski definition) is 4. The third kappa shape index (κ3) is 3.64. The van der Waals surface area contributed by atoms with Gasteiger partial charge in [0.2, 0.25) is 5.91 Å². The zero-order chi connectivity index (χ0) is 18.0. The van der Waals surface area contributed by atoms with E-state index in [9.17, 15) is 4.79 Å². The molecule has 6 nitrogen and oxygen atoms in total. The van der Waals surface area contributed by atoms with Crippen molar-refractivity contribution in [3.05, 3.63) is 34.1 Å². The zero-order valence-corrected chi connectivity index (χ0v) is 15.6. The molecular weight excluding hydrogens is 328 g/mol. The van der Waals surface area contributed by atoms with Crippen LogP contribution in [0.4, 0.5) is 11.4 Å². The van der Waals surface area contributed by atoms with Gasteiger partial charge >= 0.3 is 0 Å². The van der Waals surface area contributed by atoms with E-state index >= 15 is 0 Å². The SMILES string of the molecule is COc1cc(Cl)c(C)cc1NC(C)C(=O)Nc1c(C)nn(C)c1C. The van der Waals surface area contributed by atoms with Gasteiger partial charge in [-0.1, -0.05) is 11.6 Å². The molecule has 0 spiro atoms. The van der Waals surface area contributed by atoms with Crippen LogP contribution < -0.4 is 15.4 Å². The molecule has 0 saturated carbocycles. The first kappa shape index (κ1) is 18.1. The summed E-state index contributed by atoms with van der Waals surface area (Å²) >= 11 is 6.11. The second kappa shape index (κ2) is 7.13. The highest BCUT2D eigenvalue weighted by Gasteiger charge is 2.19. The van der Waals surface area contributed by atoms with E-state index in [1.54, 1.807) is 24.8 Å². The number of aromatic nitrogens is 2. The van der Waals surface area contributed by atoms with Crippen LogP contribution in [0.5, 0.6) is 5.75 Å². The molecule has 0 bridgehead atoms. The molecule has 0 aliphatic heterocycles. The van der Waals surface area contributed by atoms with Crippen LogP contribution in [0, 0.1) is 20.8 Å². The Morgan fingerprint density at radius 3 is 2.54 bits per heavy atom. The third-order valence-corrected chi connectivity index (χ3v) is 4.41. The number of amides is 1. The summed E-state index contributed by atoms with van der Waals surface area (Å²) in [5, 5.41) is 11.0. The van der Waals surface area contributed by atoms with Gasteiger partial charge in [0.25, 0.3) is 0 Å². The number of hydrogen-bond donors (Lipinski definition) is 2. The molecule has 0 aliphatic carbocycles. The molecule has 0 fully saturated rings. The summed E-state index contributed by atoms with van der Waals surface area (Å²) in [5.74, 6) is 0.447. The normalized spacial score (nSPS) is 12.0. The molecule has 1 aromatic carbocycles. The van der Waals surface area contributed by atoms with Gasteiger partial charge in [0.15, 0.2) is 0 Å². The van der Waals surface area contributed by atoms with Crippen molar-refractivity contribution in [3.63, 3.8) is 0 Å². The van der Waals surface area contributed by atoms with Gasteiger partial charge in [-0.15, -0.1) is 0 Å². The number of methoxy groups -OCH3 is 1. The molecule has 0 radical (unpaired) electrons. The van der Waals surface area contributed by atoms with Crippen LogP contribution >= 0.6 is 11.6 Å². The molecule has 1 aromatic heterocycles. The number of rotatable bonds is 5. The minimum atomic E-state index is -0.460. The number of benzene rings is 1. The van der Waals surface area contributed by atoms with Crippen molar-refractivity contribution < 1.29 is 9.53 Å². The fourth-order valence-electron chi connectivity index (χ4n) is 2.43. The van der Waals surface area contributed by atoms with Gasteiger partial charge in [-0.25, -0.2) is 0 Å². The first-order chi connectivity index (χ1) is 11.2. The monoisotopic (exact) mass is 350 g/mol. The minimum absolute atomic E-state index is 0.149. The number of nitrogens with one attached hydrogen (secondary N) is 2. The Labute approximate surface area is 147 Å². The lowest BCUT2D eigenvalue weighted by atomic mass is 10.2. The first-order valence-corrected chi connectivity index (χ1v) is 8.04. The Bertz CT molecular complexity index is 770. The van der Waals surface area contributed by atoms with Gasteiger partial charge in [-0.3, -0.25) is 9.48 Å². The fraction of sp³-hybridized carbons (Fsp3) is 0.412. The highest BCUT2D eigenvalue weighted by molar-refractivity contribution is 6.31. The number of halogens is 1. The molecule has 1 unspecified atom stereocenters. The summed E-state index contributed by atoms with van der Waals surface area (Å²) in [6.07, 6.45) is 0. The Hall–Kier alpha value is -2.21. The van der Waals surface area contributed by atoms with Crippen molar-refractivity contribution in [3.8, 4) is 5.75 Å². The summed E-state index contributed by atoms with van der Waals surface area (Å²) in [7, 11) is 3.42. The minimum Gasteiger partial charge on any atom is -0.495 e. The van der Waals surface area contributed by atoms with Crippen LogP contribution in [0.3, 0.4) is 0 Å². The average molecular weight is 351 g/mol. The second-order valence-electron chi connectivity index (χ2n) is 5.83. The van der Waals surface area contributed by atoms with Crippen molar-refractivity contribution >= 4 is 28.9 Å². The maximum absolute atomic E-state index is 12.5. The molecule has 1 amide bonds. The summed E-state index contributed by atoms with van der Waals surface area (Å²) < 4.78 is 7.07. The Kier molecular flexibility index (Phi) is 5.39. The van der Waals surface area contributed by atoms with Crippen molar-refractivity contribution in [2.75, 3.05) is 17.7 Å². The lowest BCUT2D eigenvalue weighted by molar-refractivity contribution is -0.116. The van der Waals surface area contributed by atoms with Crippen LogP contribution in [-0.4, -0.2) is 28.8 Å². The number of nitrogens with zero attached hydrogens (tertiary/aromatic N) is 2. The molecule has 1 heterocycles. The number of aryl methyl sites for hydroxylation is 3. The zero-order valence-electron chi connectivity index (χ0n) is 14.8. The number of ether oxygens (including phenoxy) is 1. The van der Waals surface area contributed by atoms with Crippen molar-refractivity contribution in [2.45, 2.75) is 33.7 Å². The quantitative estimate of drug-likeness (QED) is 0.866. The van der Waals surface area contributed by atoms with E-state index in [1.165, 1.54) is 0 Å². The van der Waals surface area contributed by atoms with Crippen LogP contribution in [0.25, 0.3) is 0 Å². The molecule has 0 aliphatic rings. The molecule has 24 heavy (non-hydrogen) atoms. The summed E-state index contributed by atoms with van der Waals surface area (Å²) in [6, 6.07) is 3.14. The predicted octanol–water partition coefficient (Wildman–Crippen LogP) is 3.45. The smallest absolute Gasteiger partial charge is 0.246 e. The van der Waals surface area contributed by atoms with Gasteiger partial charge in [0.1, 0.15) is 11.8 Å². The Balaban J connectivity index is 2.16. The lowest BCUT2D eigenvalue weighted by Crippen LogP contribution is -2.32. The maximum Gasteiger partial charge on any atom is 0.246 e. The second-order valence-corrected chi connectivity index (χ2v) is 6.23. The number of anilines is 2. The van der Waals surface area contributed by atoms with Crippen LogP contribution in [0.2, 0.25) is 5.02 Å². The van der Waals surface area contributed by atoms with E-state index in [0.29, 0.717) is 10.8 Å². The molecule has 2 rings (SSSR count). The molecule has 130 valence electrons. The first-order valence-electron chi connectivity index (χ1n) is 7.66. The standard InChI is InChI=1S/C17H23ClN4O2/c1-9-7-14(15(24-6)8-13(9)18)19-11(3)17(23)20-16-10(2)21-22(5)12(16)4/h7-8,11,19H,1-6H3,(H,20,23). The Morgan fingerprint density at radius 2 is 2.00 bits per heavy atom. The van der Waals surface area contributed by atoms with Gasteiger partial charge < -0.3 is 15.4 Å².